The molecule has 0 bridgehead atoms. The maximum atomic E-state index is 13.1. The first-order valence-corrected chi connectivity index (χ1v) is 23.1. The number of nitrogens with one attached hydrogen (secondary N) is 1. The van der Waals surface area contributed by atoms with E-state index in [2.05, 4.69) is 31.3 Å². The van der Waals surface area contributed by atoms with Crippen LogP contribution in [0.1, 0.15) is 162 Å². The van der Waals surface area contributed by atoms with Gasteiger partial charge in [0.05, 0.1) is 32.0 Å². The number of carbonyl (C=O) groups excluding carboxylic acids is 1. The molecule has 346 valence electrons. The zero-order valence-corrected chi connectivity index (χ0v) is 36.2. The molecule has 0 aromatic carbocycles. The molecule has 12 atom stereocenters. The minimum absolute atomic E-state index is 0.253. The van der Waals surface area contributed by atoms with Crippen LogP contribution in [0.4, 0.5) is 0 Å². The standard InChI is InChI=1S/C45H83NO13/c1-3-5-7-9-11-13-15-16-17-18-19-20-22-24-26-28-34(49)33(46-37(50)29-27-25-23-21-14-12-10-8-6-4-2)32-56-44-42(55)40(53)43(36(31-48)58-44)59-45-41(54)39(52)38(51)35(30-47)57-45/h8,10,26,28,33-36,38-45,47-49,51-55H,3-7,9,11-25,27,29-32H2,1-2H3,(H,46,50)/b10-8-,28-26+. The van der Waals surface area contributed by atoms with Crippen LogP contribution in [0.2, 0.25) is 0 Å². The van der Waals surface area contributed by atoms with Crippen molar-refractivity contribution in [1.29, 1.82) is 0 Å². The monoisotopic (exact) mass is 846 g/mol. The van der Waals surface area contributed by atoms with Gasteiger partial charge >= 0.3 is 0 Å². The molecule has 2 aliphatic heterocycles. The Kier molecular flexibility index (Phi) is 30.1. The molecule has 14 nitrogen and oxygen atoms in total. The van der Waals surface area contributed by atoms with Gasteiger partial charge in [-0.1, -0.05) is 141 Å². The van der Waals surface area contributed by atoms with E-state index < -0.39 is 86.8 Å². The second kappa shape index (κ2) is 33.1. The highest BCUT2D eigenvalue weighted by Crippen LogP contribution is 2.30. The van der Waals surface area contributed by atoms with E-state index in [4.69, 9.17) is 18.9 Å². The largest absolute Gasteiger partial charge is 0.394 e. The summed E-state index contributed by atoms with van der Waals surface area (Å²) in [5, 5.41) is 86.4. The second-order valence-corrected chi connectivity index (χ2v) is 16.5. The van der Waals surface area contributed by atoms with E-state index >= 15 is 0 Å². The van der Waals surface area contributed by atoms with Crippen molar-refractivity contribution in [3.05, 3.63) is 24.3 Å². The van der Waals surface area contributed by atoms with Crippen LogP contribution >= 0.6 is 0 Å². The highest BCUT2D eigenvalue weighted by atomic mass is 16.7. The summed E-state index contributed by atoms with van der Waals surface area (Å²) in [5.74, 6) is -0.253. The summed E-state index contributed by atoms with van der Waals surface area (Å²) in [6.07, 6.45) is 16.6. The Hall–Kier alpha value is -1.53. The fourth-order valence-electron chi connectivity index (χ4n) is 7.53. The number of aliphatic hydroxyl groups excluding tert-OH is 8. The van der Waals surface area contributed by atoms with Crippen LogP contribution in [0.5, 0.6) is 0 Å². The highest BCUT2D eigenvalue weighted by Gasteiger charge is 2.50. The average molecular weight is 846 g/mol. The van der Waals surface area contributed by atoms with Gasteiger partial charge in [0.1, 0.15) is 48.8 Å². The van der Waals surface area contributed by atoms with Gasteiger partial charge < -0.3 is 65.1 Å². The first-order valence-electron chi connectivity index (χ1n) is 23.1. The predicted octanol–water partition coefficient (Wildman–Crippen LogP) is 4.60. The van der Waals surface area contributed by atoms with Crippen molar-refractivity contribution < 1.29 is 64.6 Å². The molecular weight excluding hydrogens is 762 g/mol. The minimum atomic E-state index is -1.79. The topological polar surface area (TPSA) is 228 Å². The first kappa shape index (κ1) is 53.6. The summed E-state index contributed by atoms with van der Waals surface area (Å²) >= 11 is 0. The Morgan fingerprint density at radius 1 is 0.593 bits per heavy atom. The summed E-state index contributed by atoms with van der Waals surface area (Å²) < 4.78 is 22.6. The van der Waals surface area contributed by atoms with E-state index in [1.54, 1.807) is 6.08 Å². The number of allylic oxidation sites excluding steroid dienone is 3. The van der Waals surface area contributed by atoms with Crippen molar-refractivity contribution in [2.24, 2.45) is 0 Å². The van der Waals surface area contributed by atoms with E-state index in [0.717, 1.165) is 64.2 Å². The molecule has 2 aliphatic rings. The number of carbonyl (C=O) groups is 1. The van der Waals surface area contributed by atoms with Crippen molar-refractivity contribution in [2.45, 2.75) is 235 Å². The van der Waals surface area contributed by atoms with Gasteiger partial charge in [0.15, 0.2) is 12.6 Å². The lowest BCUT2D eigenvalue weighted by molar-refractivity contribution is -0.359. The molecule has 0 spiro atoms. The molecular formula is C45H83NO13. The fraction of sp³-hybridized carbons (Fsp3) is 0.889. The molecule has 0 aromatic heterocycles. The lowest BCUT2D eigenvalue weighted by Gasteiger charge is -2.46. The predicted molar refractivity (Wildman–Crippen MR) is 226 cm³/mol. The highest BCUT2D eigenvalue weighted by molar-refractivity contribution is 5.76. The second-order valence-electron chi connectivity index (χ2n) is 16.5. The first-order chi connectivity index (χ1) is 28.6. The van der Waals surface area contributed by atoms with Gasteiger partial charge in [-0.05, 0) is 38.5 Å². The van der Waals surface area contributed by atoms with Crippen LogP contribution in [-0.2, 0) is 23.7 Å². The van der Waals surface area contributed by atoms with Crippen molar-refractivity contribution in [2.75, 3.05) is 19.8 Å². The van der Waals surface area contributed by atoms with Gasteiger partial charge in [0.2, 0.25) is 5.91 Å². The Balaban J connectivity index is 1.90. The number of ether oxygens (including phenoxy) is 4. The van der Waals surface area contributed by atoms with Gasteiger partial charge in [0.25, 0.3) is 0 Å². The average Bonchev–Trinajstić information content (AvgIpc) is 3.23. The van der Waals surface area contributed by atoms with E-state index in [9.17, 15) is 45.6 Å². The van der Waals surface area contributed by atoms with Crippen LogP contribution in [-0.4, -0.2) is 140 Å². The molecule has 0 saturated carbocycles. The molecule has 0 aromatic rings. The van der Waals surface area contributed by atoms with E-state index in [1.807, 2.05) is 6.08 Å². The third-order valence-corrected chi connectivity index (χ3v) is 11.4. The number of aliphatic hydroxyl groups is 8. The third kappa shape index (κ3) is 21.4. The van der Waals surface area contributed by atoms with Crippen LogP contribution in [0, 0.1) is 0 Å². The Morgan fingerprint density at radius 2 is 1.10 bits per heavy atom. The van der Waals surface area contributed by atoms with Crippen molar-refractivity contribution >= 4 is 5.91 Å². The van der Waals surface area contributed by atoms with Gasteiger partial charge in [-0.15, -0.1) is 0 Å². The van der Waals surface area contributed by atoms with Crippen molar-refractivity contribution in [3.8, 4) is 0 Å². The third-order valence-electron chi connectivity index (χ3n) is 11.4. The van der Waals surface area contributed by atoms with Crippen LogP contribution in [0.25, 0.3) is 0 Å². The van der Waals surface area contributed by atoms with Crippen molar-refractivity contribution in [1.82, 2.24) is 5.32 Å². The van der Waals surface area contributed by atoms with Crippen LogP contribution in [0.15, 0.2) is 24.3 Å². The van der Waals surface area contributed by atoms with E-state index in [1.165, 1.54) is 70.6 Å². The maximum Gasteiger partial charge on any atom is 0.220 e. The summed E-state index contributed by atoms with van der Waals surface area (Å²) in [7, 11) is 0. The number of hydrogen-bond donors (Lipinski definition) is 9. The van der Waals surface area contributed by atoms with E-state index in [-0.39, 0.29) is 18.9 Å². The quantitative estimate of drug-likeness (QED) is 0.0319. The van der Waals surface area contributed by atoms with Gasteiger partial charge in [-0.25, -0.2) is 0 Å². The number of amides is 1. The molecule has 59 heavy (non-hydrogen) atoms. The van der Waals surface area contributed by atoms with Gasteiger partial charge in [0, 0.05) is 6.42 Å². The lowest BCUT2D eigenvalue weighted by atomic mass is 9.97. The molecule has 2 saturated heterocycles. The smallest absolute Gasteiger partial charge is 0.220 e. The molecule has 2 fully saturated rings. The molecule has 2 heterocycles. The summed E-state index contributed by atoms with van der Waals surface area (Å²) in [5.41, 5.74) is 0. The number of hydrogen-bond acceptors (Lipinski definition) is 13. The molecule has 12 unspecified atom stereocenters. The Labute approximate surface area is 354 Å². The molecule has 0 aliphatic carbocycles. The van der Waals surface area contributed by atoms with E-state index in [0.29, 0.717) is 6.42 Å². The maximum absolute atomic E-state index is 13.1. The summed E-state index contributed by atoms with van der Waals surface area (Å²) in [4.78, 5) is 13.1. The zero-order valence-electron chi connectivity index (χ0n) is 36.2. The molecule has 0 radical (unpaired) electrons. The molecule has 1 amide bonds. The SMILES string of the molecule is CCC/C=C\CCCCCCCC(=O)NC(COC1OC(CO)C(OC2OC(CO)C(O)C(O)C2O)C(O)C1O)C(O)/C=C/CCCCCCCCCCCCCCC. The minimum Gasteiger partial charge on any atom is -0.394 e. The zero-order chi connectivity index (χ0) is 43.3. The van der Waals surface area contributed by atoms with Gasteiger partial charge in [-0.2, -0.15) is 0 Å². The number of rotatable bonds is 34. The molecule has 9 N–H and O–H groups in total. The fourth-order valence-corrected chi connectivity index (χ4v) is 7.53. The van der Waals surface area contributed by atoms with Crippen LogP contribution < -0.4 is 5.32 Å². The number of unbranched alkanes of at least 4 members (excludes halogenated alkanes) is 19. The van der Waals surface area contributed by atoms with Gasteiger partial charge in [-0.3, -0.25) is 4.79 Å². The Morgan fingerprint density at radius 3 is 1.68 bits per heavy atom. The normalized spacial score (nSPS) is 28.7. The lowest BCUT2D eigenvalue weighted by Crippen LogP contribution is -2.65. The molecule has 14 heteroatoms. The summed E-state index contributed by atoms with van der Waals surface area (Å²) in [6, 6.07) is -0.913. The molecule has 2 rings (SSSR count). The Bertz CT molecular complexity index is 1090. The summed E-state index contributed by atoms with van der Waals surface area (Å²) in [6.45, 7) is 2.69. The van der Waals surface area contributed by atoms with Crippen LogP contribution in [0.3, 0.4) is 0 Å². The van der Waals surface area contributed by atoms with Crippen molar-refractivity contribution in [3.63, 3.8) is 0 Å².